The molecule has 0 heterocycles. The zero-order valence-corrected chi connectivity index (χ0v) is 8.86. The molecule has 0 nitrogen and oxygen atoms in total. The number of hydrogen-bond acceptors (Lipinski definition) is 0. The van der Waals surface area contributed by atoms with Crippen molar-refractivity contribution >= 4 is 0 Å². The number of allylic oxidation sites excluding steroid dienone is 8. The largest absolute Gasteiger partial charge is 0.0882 e. The van der Waals surface area contributed by atoms with Crippen molar-refractivity contribution in [3.63, 3.8) is 0 Å². The Labute approximate surface area is 87.7 Å². The van der Waals surface area contributed by atoms with Crippen LogP contribution in [0.1, 0.15) is 38.5 Å². The molecule has 14 heavy (non-hydrogen) atoms. The topological polar surface area (TPSA) is 0 Å². The number of hydrogen-bond donors (Lipinski definition) is 0. The summed E-state index contributed by atoms with van der Waals surface area (Å²) in [7, 11) is 0. The van der Waals surface area contributed by atoms with Gasteiger partial charge >= 0.3 is 0 Å². The van der Waals surface area contributed by atoms with E-state index in [1.165, 1.54) is 25.7 Å². The second-order valence-electron chi connectivity index (χ2n) is 3.53. The van der Waals surface area contributed by atoms with Gasteiger partial charge in [0.15, 0.2) is 0 Å². The maximum atomic E-state index is 2.29. The van der Waals surface area contributed by atoms with E-state index < -0.39 is 0 Å². The maximum Gasteiger partial charge on any atom is -0.0313 e. The molecule has 76 valence electrons. The van der Waals surface area contributed by atoms with Crippen LogP contribution in [0.2, 0.25) is 0 Å². The number of rotatable bonds is 0. The molecule has 1 aliphatic carbocycles. The van der Waals surface area contributed by atoms with Crippen molar-refractivity contribution in [1.29, 1.82) is 0 Å². The fourth-order valence-corrected chi connectivity index (χ4v) is 1.40. The third-order valence-electron chi connectivity index (χ3n) is 2.22. The summed E-state index contributed by atoms with van der Waals surface area (Å²) in [5.74, 6) is 0. The van der Waals surface area contributed by atoms with Crippen molar-refractivity contribution in [2.24, 2.45) is 0 Å². The van der Waals surface area contributed by atoms with Crippen LogP contribution >= 0.6 is 0 Å². The lowest BCUT2D eigenvalue weighted by molar-refractivity contribution is 0.983. The summed E-state index contributed by atoms with van der Waals surface area (Å²) in [6.07, 6.45) is 25.0. The lowest BCUT2D eigenvalue weighted by Crippen LogP contribution is -1.70. The van der Waals surface area contributed by atoms with Crippen LogP contribution in [-0.2, 0) is 0 Å². The van der Waals surface area contributed by atoms with Crippen LogP contribution in [0, 0.1) is 0 Å². The third-order valence-corrected chi connectivity index (χ3v) is 2.22. The molecule has 0 saturated heterocycles. The standard InChI is InChI=1S/C14H20/c1-2-4-6-8-10-12-14-13-11-9-7-5-3-1/h1-4,9-12H,5-8,13-14H2/b3-1-,4-2+,11-9?,12-10+. The Hall–Kier alpha value is -1.04. The van der Waals surface area contributed by atoms with Crippen molar-refractivity contribution in [3.05, 3.63) is 48.6 Å². The lowest BCUT2D eigenvalue weighted by atomic mass is 10.2. The second-order valence-corrected chi connectivity index (χ2v) is 3.53. The minimum atomic E-state index is 1.16. The minimum Gasteiger partial charge on any atom is -0.0882 e. The molecule has 0 heteroatoms. The third kappa shape index (κ3) is 6.47. The Kier molecular flexibility index (Phi) is 6.74. The first kappa shape index (κ1) is 11.0. The van der Waals surface area contributed by atoms with Gasteiger partial charge in [0.1, 0.15) is 0 Å². The van der Waals surface area contributed by atoms with Gasteiger partial charge in [-0.25, -0.2) is 0 Å². The summed E-state index contributed by atoms with van der Waals surface area (Å²) in [6.45, 7) is 0. The average Bonchev–Trinajstić information content (AvgIpc) is 2.22. The van der Waals surface area contributed by atoms with E-state index in [0.29, 0.717) is 0 Å². The highest BCUT2D eigenvalue weighted by atomic mass is 13.9. The van der Waals surface area contributed by atoms with Gasteiger partial charge in [0.25, 0.3) is 0 Å². The first-order valence-electron chi connectivity index (χ1n) is 5.62. The zero-order valence-electron chi connectivity index (χ0n) is 8.86. The first-order valence-corrected chi connectivity index (χ1v) is 5.62. The van der Waals surface area contributed by atoms with Gasteiger partial charge in [-0.15, -0.1) is 0 Å². The van der Waals surface area contributed by atoms with Crippen molar-refractivity contribution < 1.29 is 0 Å². The molecule has 1 rings (SSSR count). The fraction of sp³-hybridized carbons (Fsp3) is 0.429. The second kappa shape index (κ2) is 8.55. The average molecular weight is 188 g/mol. The van der Waals surface area contributed by atoms with Crippen molar-refractivity contribution in [2.45, 2.75) is 38.5 Å². The van der Waals surface area contributed by atoms with E-state index in [9.17, 15) is 0 Å². The summed E-state index contributed by atoms with van der Waals surface area (Å²) in [5, 5.41) is 0. The van der Waals surface area contributed by atoms with Gasteiger partial charge in [-0.3, -0.25) is 0 Å². The Bertz CT molecular complexity index is 202. The van der Waals surface area contributed by atoms with E-state index in [1.807, 2.05) is 0 Å². The predicted molar refractivity (Wildman–Crippen MR) is 64.3 cm³/mol. The van der Waals surface area contributed by atoms with Crippen LogP contribution in [-0.4, -0.2) is 0 Å². The molecule has 0 spiro atoms. The van der Waals surface area contributed by atoms with E-state index in [-0.39, 0.29) is 0 Å². The Morgan fingerprint density at radius 3 is 1.00 bits per heavy atom. The Morgan fingerprint density at radius 2 is 0.643 bits per heavy atom. The molecule has 0 radical (unpaired) electrons. The lowest BCUT2D eigenvalue weighted by Gasteiger charge is -1.90. The van der Waals surface area contributed by atoms with E-state index in [2.05, 4.69) is 48.6 Å². The molecule has 1 aliphatic rings. The predicted octanol–water partition coefficient (Wildman–Crippen LogP) is 4.57. The molecule has 0 atom stereocenters. The molecule has 0 aromatic heterocycles. The minimum absolute atomic E-state index is 1.16. The van der Waals surface area contributed by atoms with E-state index in [4.69, 9.17) is 0 Å². The molecular weight excluding hydrogens is 168 g/mol. The molecule has 0 unspecified atom stereocenters. The van der Waals surface area contributed by atoms with Crippen LogP contribution in [0.3, 0.4) is 0 Å². The molecule has 0 aliphatic heterocycles. The summed E-state index contributed by atoms with van der Waals surface area (Å²) < 4.78 is 0. The van der Waals surface area contributed by atoms with E-state index in [0.717, 1.165) is 12.8 Å². The van der Waals surface area contributed by atoms with Gasteiger partial charge in [0.05, 0.1) is 0 Å². The smallest absolute Gasteiger partial charge is 0.0313 e. The van der Waals surface area contributed by atoms with Crippen LogP contribution in [0.15, 0.2) is 48.6 Å². The summed E-state index contributed by atoms with van der Waals surface area (Å²) in [6, 6.07) is 0. The zero-order chi connectivity index (χ0) is 9.90. The molecule has 0 N–H and O–H groups in total. The summed E-state index contributed by atoms with van der Waals surface area (Å²) >= 11 is 0. The van der Waals surface area contributed by atoms with Crippen LogP contribution in [0.5, 0.6) is 0 Å². The normalized spacial score (nSPS) is 26.3. The van der Waals surface area contributed by atoms with Crippen LogP contribution in [0.25, 0.3) is 0 Å². The first-order chi connectivity index (χ1) is 7.00. The highest BCUT2D eigenvalue weighted by molar-refractivity contribution is 5.04. The Morgan fingerprint density at radius 1 is 0.357 bits per heavy atom. The molecule has 0 bridgehead atoms. The summed E-state index contributed by atoms with van der Waals surface area (Å²) in [4.78, 5) is 0. The van der Waals surface area contributed by atoms with Crippen molar-refractivity contribution in [3.8, 4) is 0 Å². The molecule has 0 fully saturated rings. The quantitative estimate of drug-likeness (QED) is 0.489. The van der Waals surface area contributed by atoms with Crippen molar-refractivity contribution in [1.82, 2.24) is 0 Å². The highest BCUT2D eigenvalue weighted by Crippen LogP contribution is 2.01. The molecule has 0 amide bonds. The van der Waals surface area contributed by atoms with Gasteiger partial charge in [-0.1, -0.05) is 48.6 Å². The van der Waals surface area contributed by atoms with Gasteiger partial charge < -0.3 is 0 Å². The van der Waals surface area contributed by atoms with E-state index >= 15 is 0 Å². The van der Waals surface area contributed by atoms with Gasteiger partial charge in [-0.2, -0.15) is 0 Å². The molecule has 0 aromatic carbocycles. The molecular formula is C14H20. The van der Waals surface area contributed by atoms with E-state index in [1.54, 1.807) is 0 Å². The summed E-state index contributed by atoms with van der Waals surface area (Å²) in [5.41, 5.74) is 0. The van der Waals surface area contributed by atoms with Crippen LogP contribution < -0.4 is 0 Å². The van der Waals surface area contributed by atoms with Crippen molar-refractivity contribution in [2.75, 3.05) is 0 Å². The monoisotopic (exact) mass is 188 g/mol. The van der Waals surface area contributed by atoms with Gasteiger partial charge in [-0.05, 0) is 38.5 Å². The highest BCUT2D eigenvalue weighted by Gasteiger charge is 1.80. The van der Waals surface area contributed by atoms with Crippen LogP contribution in [0.4, 0.5) is 0 Å². The maximum absolute atomic E-state index is 2.29. The van der Waals surface area contributed by atoms with Gasteiger partial charge in [0, 0.05) is 0 Å². The molecule has 0 aromatic rings. The molecule has 0 saturated carbocycles. The SMILES string of the molecule is C1=CCC/C=C/CC/C=C/C=C\CC1. The van der Waals surface area contributed by atoms with Gasteiger partial charge in [0.2, 0.25) is 0 Å². The fourth-order valence-electron chi connectivity index (χ4n) is 1.40. The Balaban J connectivity index is 2.34.